The van der Waals surface area contributed by atoms with Gasteiger partial charge in [0, 0.05) is 31.0 Å². The quantitative estimate of drug-likeness (QED) is 0.724. The summed E-state index contributed by atoms with van der Waals surface area (Å²) in [6, 6.07) is 3.42. The molecule has 0 spiro atoms. The van der Waals surface area contributed by atoms with Gasteiger partial charge in [0.15, 0.2) is 4.80 Å². The molecule has 0 aromatic carbocycles. The van der Waals surface area contributed by atoms with Crippen molar-refractivity contribution in [2.45, 2.75) is 0 Å². The van der Waals surface area contributed by atoms with Gasteiger partial charge in [-0.15, -0.1) is 11.3 Å². The second-order valence-corrected chi connectivity index (χ2v) is 3.83. The largest absolute Gasteiger partial charge is 0.327 e. The highest BCUT2D eigenvalue weighted by Gasteiger charge is 2.02. The Morgan fingerprint density at radius 3 is 3.07 bits per heavy atom. The molecule has 0 unspecified atom stereocenters. The lowest BCUT2D eigenvalue weighted by atomic mass is 10.3. The minimum Gasteiger partial charge on any atom is -0.327 e. The van der Waals surface area contributed by atoms with Crippen LogP contribution in [0.2, 0.25) is 0 Å². The van der Waals surface area contributed by atoms with Crippen LogP contribution in [-0.2, 0) is 7.05 Å². The molecular formula is C10H9N3OS. The van der Waals surface area contributed by atoms with Crippen LogP contribution in [-0.4, -0.2) is 15.5 Å². The van der Waals surface area contributed by atoms with E-state index in [2.05, 4.69) is 9.98 Å². The summed E-state index contributed by atoms with van der Waals surface area (Å²) < 4.78 is 1.80. The van der Waals surface area contributed by atoms with Crippen molar-refractivity contribution >= 4 is 17.2 Å². The van der Waals surface area contributed by atoms with E-state index in [-0.39, 0.29) is 5.91 Å². The molecule has 2 rings (SSSR count). The zero-order valence-corrected chi connectivity index (χ0v) is 8.94. The first-order chi connectivity index (χ1) is 7.27. The van der Waals surface area contributed by atoms with Crippen LogP contribution < -0.4 is 4.80 Å². The number of pyridine rings is 1. The summed E-state index contributed by atoms with van der Waals surface area (Å²) >= 11 is 1.43. The summed E-state index contributed by atoms with van der Waals surface area (Å²) in [5.74, 6) is -0.263. The molecular weight excluding hydrogens is 210 g/mol. The van der Waals surface area contributed by atoms with Crippen molar-refractivity contribution in [1.82, 2.24) is 9.55 Å². The Hall–Kier alpha value is -1.75. The Bertz CT molecular complexity index is 527. The average Bonchev–Trinajstić information content (AvgIpc) is 2.66. The fraction of sp³-hybridized carbons (Fsp3) is 0.100. The first kappa shape index (κ1) is 9.79. The van der Waals surface area contributed by atoms with E-state index < -0.39 is 0 Å². The SMILES string of the molecule is Cn1ccsc1=NC(=O)c1cccnc1. The van der Waals surface area contributed by atoms with Gasteiger partial charge in [-0.3, -0.25) is 9.78 Å². The van der Waals surface area contributed by atoms with Crippen LogP contribution in [0.25, 0.3) is 0 Å². The fourth-order valence-corrected chi connectivity index (χ4v) is 1.80. The third-order valence-corrected chi connectivity index (χ3v) is 2.71. The first-order valence-corrected chi connectivity index (χ1v) is 5.24. The van der Waals surface area contributed by atoms with E-state index in [0.29, 0.717) is 10.4 Å². The number of aryl methyl sites for hydroxylation is 1. The molecule has 0 atom stereocenters. The number of rotatable bonds is 1. The van der Waals surface area contributed by atoms with Gasteiger partial charge in [-0.25, -0.2) is 0 Å². The zero-order chi connectivity index (χ0) is 10.7. The lowest BCUT2D eigenvalue weighted by molar-refractivity contribution is 0.0997. The molecule has 0 aliphatic heterocycles. The van der Waals surface area contributed by atoms with Crippen LogP contribution in [0.3, 0.4) is 0 Å². The third-order valence-electron chi connectivity index (χ3n) is 1.87. The standard InChI is InChI=1S/C10H9N3OS/c1-13-5-6-15-10(13)12-9(14)8-3-2-4-11-7-8/h2-7H,1H3. The van der Waals surface area contributed by atoms with E-state index in [1.165, 1.54) is 17.5 Å². The molecule has 76 valence electrons. The Kier molecular flexibility index (Phi) is 2.73. The monoisotopic (exact) mass is 219 g/mol. The highest BCUT2D eigenvalue weighted by Crippen LogP contribution is 1.98. The van der Waals surface area contributed by atoms with Crippen LogP contribution >= 0.6 is 11.3 Å². The van der Waals surface area contributed by atoms with Crippen LogP contribution in [0.1, 0.15) is 10.4 Å². The van der Waals surface area contributed by atoms with Gasteiger partial charge in [0.25, 0.3) is 5.91 Å². The summed E-state index contributed by atoms with van der Waals surface area (Å²) in [6.07, 6.45) is 5.00. The van der Waals surface area contributed by atoms with Gasteiger partial charge in [-0.2, -0.15) is 4.99 Å². The summed E-state index contributed by atoms with van der Waals surface area (Å²) in [7, 11) is 1.85. The summed E-state index contributed by atoms with van der Waals surface area (Å²) in [6.45, 7) is 0. The van der Waals surface area contributed by atoms with Gasteiger partial charge in [0.2, 0.25) is 0 Å². The summed E-state index contributed by atoms with van der Waals surface area (Å²) in [5, 5.41) is 1.88. The lowest BCUT2D eigenvalue weighted by Gasteiger charge is -1.92. The number of thiazole rings is 1. The maximum atomic E-state index is 11.7. The number of hydrogen-bond donors (Lipinski definition) is 0. The molecule has 2 aromatic rings. The van der Waals surface area contributed by atoms with Gasteiger partial charge in [0.05, 0.1) is 5.56 Å². The van der Waals surface area contributed by atoms with Gasteiger partial charge in [-0.05, 0) is 12.1 Å². The number of carbonyl (C=O) groups excluding carboxylic acids is 1. The highest BCUT2D eigenvalue weighted by atomic mass is 32.1. The van der Waals surface area contributed by atoms with Crippen molar-refractivity contribution in [3.63, 3.8) is 0 Å². The summed E-state index contributed by atoms with van der Waals surface area (Å²) in [5.41, 5.74) is 0.505. The van der Waals surface area contributed by atoms with E-state index in [1.807, 2.05) is 18.6 Å². The van der Waals surface area contributed by atoms with E-state index in [0.717, 1.165) is 0 Å². The number of carbonyl (C=O) groups is 1. The predicted molar refractivity (Wildman–Crippen MR) is 57.4 cm³/mol. The first-order valence-electron chi connectivity index (χ1n) is 4.36. The van der Waals surface area contributed by atoms with Gasteiger partial charge in [0.1, 0.15) is 0 Å². The van der Waals surface area contributed by atoms with E-state index in [9.17, 15) is 4.79 Å². The van der Waals surface area contributed by atoms with Crippen molar-refractivity contribution in [3.8, 4) is 0 Å². The molecule has 5 heteroatoms. The lowest BCUT2D eigenvalue weighted by Crippen LogP contribution is -2.12. The molecule has 0 bridgehead atoms. The Balaban J connectivity index is 2.36. The van der Waals surface area contributed by atoms with Crippen molar-refractivity contribution in [1.29, 1.82) is 0 Å². The minimum absolute atomic E-state index is 0.263. The molecule has 15 heavy (non-hydrogen) atoms. The topological polar surface area (TPSA) is 47.2 Å². The van der Waals surface area contributed by atoms with E-state index >= 15 is 0 Å². The maximum Gasteiger partial charge on any atom is 0.281 e. The van der Waals surface area contributed by atoms with Gasteiger partial charge in [-0.1, -0.05) is 0 Å². The Morgan fingerprint density at radius 2 is 2.47 bits per heavy atom. The molecule has 2 aromatic heterocycles. The van der Waals surface area contributed by atoms with Crippen LogP contribution in [0.4, 0.5) is 0 Å². The minimum atomic E-state index is -0.263. The van der Waals surface area contributed by atoms with Crippen LogP contribution in [0.5, 0.6) is 0 Å². The van der Waals surface area contributed by atoms with Crippen molar-refractivity contribution < 1.29 is 4.79 Å². The number of aromatic nitrogens is 2. The fourth-order valence-electron chi connectivity index (χ4n) is 1.08. The van der Waals surface area contributed by atoms with Crippen LogP contribution in [0, 0.1) is 0 Å². The highest BCUT2D eigenvalue weighted by molar-refractivity contribution is 7.07. The van der Waals surface area contributed by atoms with Gasteiger partial charge >= 0.3 is 0 Å². The van der Waals surface area contributed by atoms with Crippen molar-refractivity contribution in [2.75, 3.05) is 0 Å². The molecule has 4 nitrogen and oxygen atoms in total. The number of hydrogen-bond acceptors (Lipinski definition) is 3. The molecule has 0 saturated heterocycles. The molecule has 0 saturated carbocycles. The molecule has 0 fully saturated rings. The zero-order valence-electron chi connectivity index (χ0n) is 8.12. The van der Waals surface area contributed by atoms with E-state index in [1.54, 1.807) is 22.9 Å². The maximum absolute atomic E-state index is 11.7. The predicted octanol–water partition coefficient (Wildman–Crippen LogP) is 1.22. The van der Waals surface area contributed by atoms with E-state index in [4.69, 9.17) is 0 Å². The average molecular weight is 219 g/mol. The number of nitrogens with zero attached hydrogens (tertiary/aromatic N) is 3. The molecule has 1 amide bonds. The smallest absolute Gasteiger partial charge is 0.281 e. The second kappa shape index (κ2) is 4.18. The normalized spacial score (nSPS) is 11.7. The second-order valence-electron chi connectivity index (χ2n) is 2.96. The molecule has 0 radical (unpaired) electrons. The molecule has 0 aliphatic rings. The Labute approximate surface area is 90.6 Å². The molecule has 0 N–H and O–H groups in total. The molecule has 2 heterocycles. The van der Waals surface area contributed by atoms with Gasteiger partial charge < -0.3 is 4.57 Å². The van der Waals surface area contributed by atoms with Crippen LogP contribution in [0.15, 0.2) is 41.1 Å². The Morgan fingerprint density at radius 1 is 1.60 bits per heavy atom. The van der Waals surface area contributed by atoms with Crippen molar-refractivity contribution in [3.05, 3.63) is 46.5 Å². The summed E-state index contributed by atoms with van der Waals surface area (Å²) in [4.78, 5) is 20.2. The number of amides is 1. The molecule has 0 aliphatic carbocycles. The van der Waals surface area contributed by atoms with Crippen molar-refractivity contribution in [2.24, 2.45) is 12.0 Å². The third kappa shape index (κ3) is 2.19.